The summed E-state index contributed by atoms with van der Waals surface area (Å²) in [4.78, 5) is 3.35. The average molecular weight is 154 g/mol. The van der Waals surface area contributed by atoms with Crippen LogP contribution in [0.2, 0.25) is 0 Å². The normalized spacial score (nSPS) is 12.5. The second-order valence-corrected chi connectivity index (χ2v) is 4.95. The molecule has 0 saturated carbocycles. The van der Waals surface area contributed by atoms with Crippen LogP contribution in [0, 0.1) is 10.8 Å². The van der Waals surface area contributed by atoms with Crippen LogP contribution in [0.4, 0.5) is 0 Å². The first-order valence-electron chi connectivity index (χ1n) is 3.92. The lowest BCUT2D eigenvalue weighted by atomic mass is 9.75. The van der Waals surface area contributed by atoms with Gasteiger partial charge in [0.15, 0.2) is 0 Å². The lowest BCUT2D eigenvalue weighted by molar-refractivity contribution is -0.0308. The zero-order chi connectivity index (χ0) is 9.28. The Hall–Kier alpha value is -0.620. The van der Waals surface area contributed by atoms with Gasteiger partial charge in [0.25, 0.3) is 5.71 Å². The minimum atomic E-state index is -0.0486. The van der Waals surface area contributed by atoms with E-state index < -0.39 is 0 Å². The summed E-state index contributed by atoms with van der Waals surface area (Å²) < 4.78 is 0. The van der Waals surface area contributed by atoms with Gasteiger partial charge in [-0.25, -0.2) is 0 Å². The fourth-order valence-electron chi connectivity index (χ4n) is 1.43. The number of nitrogens with zero attached hydrogens (tertiary/aromatic N) is 2. The summed E-state index contributed by atoms with van der Waals surface area (Å²) in [6.07, 6.45) is 0. The molecular weight excluding hydrogens is 136 g/mol. The van der Waals surface area contributed by atoms with Crippen molar-refractivity contribution < 1.29 is 4.79 Å². The summed E-state index contributed by atoms with van der Waals surface area (Å²) in [6.45, 7) is 12.3. The van der Waals surface area contributed by atoms with Crippen LogP contribution in [0.25, 0.3) is 5.53 Å². The van der Waals surface area contributed by atoms with Crippen LogP contribution in [-0.4, -0.2) is 10.5 Å². The van der Waals surface area contributed by atoms with Gasteiger partial charge >= 0.3 is 0 Å². The fraction of sp³-hybridized carbons (Fsp3) is 0.889. The van der Waals surface area contributed by atoms with Crippen molar-refractivity contribution in [3.8, 4) is 0 Å². The van der Waals surface area contributed by atoms with Crippen LogP contribution in [0.1, 0.15) is 41.5 Å². The van der Waals surface area contributed by atoms with E-state index in [0.29, 0.717) is 0 Å². The lowest BCUT2D eigenvalue weighted by Gasteiger charge is -2.22. The highest BCUT2D eigenvalue weighted by molar-refractivity contribution is 5.88. The molecule has 0 N–H and O–H groups in total. The van der Waals surface area contributed by atoms with E-state index in [0.717, 1.165) is 5.71 Å². The summed E-state index contributed by atoms with van der Waals surface area (Å²) in [7, 11) is 0. The van der Waals surface area contributed by atoms with Gasteiger partial charge in [-0.1, -0.05) is 0 Å². The molecule has 0 spiro atoms. The monoisotopic (exact) mass is 154 g/mol. The molecular formula is C9H18N2. The predicted octanol–water partition coefficient (Wildman–Crippen LogP) is 2.75. The molecule has 0 bridgehead atoms. The summed E-state index contributed by atoms with van der Waals surface area (Å²) in [6, 6.07) is 0. The molecule has 0 unspecified atom stereocenters. The maximum Gasteiger partial charge on any atom is 0.279 e. The molecule has 0 rings (SSSR count). The Labute approximate surface area is 69.2 Å². The molecule has 0 aliphatic rings. The van der Waals surface area contributed by atoms with Crippen LogP contribution >= 0.6 is 0 Å². The van der Waals surface area contributed by atoms with E-state index in [1.807, 2.05) is 41.5 Å². The van der Waals surface area contributed by atoms with Gasteiger partial charge in [-0.2, -0.15) is 4.79 Å². The second-order valence-electron chi connectivity index (χ2n) is 4.95. The molecule has 2 nitrogen and oxygen atoms in total. The Morgan fingerprint density at radius 2 is 1.18 bits per heavy atom. The van der Waals surface area contributed by atoms with E-state index >= 15 is 0 Å². The minimum Gasteiger partial charge on any atom is -0.362 e. The van der Waals surface area contributed by atoms with Gasteiger partial charge < -0.3 is 5.53 Å². The number of hydrogen-bond donors (Lipinski definition) is 0. The molecule has 2 heteroatoms. The molecule has 0 aromatic carbocycles. The van der Waals surface area contributed by atoms with Crippen LogP contribution in [-0.2, 0) is 0 Å². The first-order chi connectivity index (χ1) is 4.69. The SMILES string of the molecule is CC(C)(C)C(=[N+]=[N-])C(C)(C)C. The third-order valence-corrected chi connectivity index (χ3v) is 1.52. The minimum absolute atomic E-state index is 0.0486. The van der Waals surface area contributed by atoms with Crippen LogP contribution in [0.15, 0.2) is 0 Å². The Bertz CT molecular complexity index is 169. The largest absolute Gasteiger partial charge is 0.362 e. The highest BCUT2D eigenvalue weighted by Crippen LogP contribution is 2.27. The van der Waals surface area contributed by atoms with Crippen molar-refractivity contribution in [2.24, 2.45) is 10.8 Å². The van der Waals surface area contributed by atoms with Gasteiger partial charge in [-0.15, -0.1) is 0 Å². The van der Waals surface area contributed by atoms with Crippen molar-refractivity contribution in [3.05, 3.63) is 5.53 Å². The van der Waals surface area contributed by atoms with Crippen molar-refractivity contribution in [2.45, 2.75) is 41.5 Å². The number of rotatable bonds is 0. The summed E-state index contributed by atoms with van der Waals surface area (Å²) >= 11 is 0. The molecule has 0 amide bonds. The van der Waals surface area contributed by atoms with Crippen molar-refractivity contribution in [1.82, 2.24) is 0 Å². The van der Waals surface area contributed by atoms with Gasteiger partial charge in [-0.05, 0) is 41.5 Å². The van der Waals surface area contributed by atoms with Crippen molar-refractivity contribution in [1.29, 1.82) is 0 Å². The molecule has 0 saturated heterocycles. The molecule has 0 aromatic rings. The first-order valence-corrected chi connectivity index (χ1v) is 3.92. The molecule has 0 aromatic heterocycles. The maximum absolute atomic E-state index is 8.79. The zero-order valence-electron chi connectivity index (χ0n) is 8.39. The van der Waals surface area contributed by atoms with Crippen molar-refractivity contribution in [2.75, 3.05) is 0 Å². The average Bonchev–Trinajstić information content (AvgIpc) is 1.56. The first kappa shape index (κ1) is 10.4. The Morgan fingerprint density at radius 3 is 1.18 bits per heavy atom. The van der Waals surface area contributed by atoms with Gasteiger partial charge in [0.05, 0.1) is 10.8 Å². The van der Waals surface area contributed by atoms with E-state index in [2.05, 4.69) is 4.79 Å². The van der Waals surface area contributed by atoms with Gasteiger partial charge in [0.2, 0.25) is 0 Å². The second kappa shape index (κ2) is 2.78. The van der Waals surface area contributed by atoms with Crippen LogP contribution in [0.3, 0.4) is 0 Å². The van der Waals surface area contributed by atoms with Crippen molar-refractivity contribution >= 4 is 5.71 Å². The number of hydrogen-bond acceptors (Lipinski definition) is 0. The van der Waals surface area contributed by atoms with E-state index in [-0.39, 0.29) is 10.8 Å². The Kier molecular flexibility index (Phi) is 2.63. The predicted molar refractivity (Wildman–Crippen MR) is 47.5 cm³/mol. The molecule has 11 heavy (non-hydrogen) atoms. The Balaban J connectivity index is 4.90. The summed E-state index contributed by atoms with van der Waals surface area (Å²) in [5.41, 5.74) is 9.53. The van der Waals surface area contributed by atoms with E-state index in [4.69, 9.17) is 5.53 Å². The van der Waals surface area contributed by atoms with Crippen molar-refractivity contribution in [3.63, 3.8) is 0 Å². The molecule has 0 radical (unpaired) electrons. The zero-order valence-corrected chi connectivity index (χ0v) is 8.39. The highest BCUT2D eigenvalue weighted by atomic mass is 14.9. The third-order valence-electron chi connectivity index (χ3n) is 1.52. The summed E-state index contributed by atoms with van der Waals surface area (Å²) in [5.74, 6) is 0. The molecule has 0 atom stereocenters. The van der Waals surface area contributed by atoms with E-state index in [1.165, 1.54) is 0 Å². The molecule has 64 valence electrons. The third kappa shape index (κ3) is 2.85. The Morgan fingerprint density at radius 1 is 0.909 bits per heavy atom. The van der Waals surface area contributed by atoms with Gasteiger partial charge in [0.1, 0.15) is 0 Å². The van der Waals surface area contributed by atoms with E-state index in [9.17, 15) is 0 Å². The molecule has 0 fully saturated rings. The highest BCUT2D eigenvalue weighted by Gasteiger charge is 2.37. The standard InChI is InChI=1S/C9H18N2/c1-8(2,3)7(11-10)9(4,5)6/h1-6H3. The van der Waals surface area contributed by atoms with Gasteiger partial charge in [-0.3, -0.25) is 0 Å². The maximum atomic E-state index is 8.79. The molecule has 0 aliphatic heterocycles. The van der Waals surface area contributed by atoms with Gasteiger partial charge in [0, 0.05) is 0 Å². The fourth-order valence-corrected chi connectivity index (χ4v) is 1.43. The topological polar surface area (TPSA) is 36.4 Å². The summed E-state index contributed by atoms with van der Waals surface area (Å²) in [5, 5.41) is 0. The van der Waals surface area contributed by atoms with Crippen LogP contribution in [0.5, 0.6) is 0 Å². The lowest BCUT2D eigenvalue weighted by Crippen LogP contribution is -2.33. The molecule has 0 heterocycles. The van der Waals surface area contributed by atoms with E-state index in [1.54, 1.807) is 0 Å². The quantitative estimate of drug-likeness (QED) is 0.292. The molecule has 0 aliphatic carbocycles. The van der Waals surface area contributed by atoms with Crippen LogP contribution < -0.4 is 0 Å². The smallest absolute Gasteiger partial charge is 0.279 e.